The molecule has 144 valence electrons. The zero-order valence-electron chi connectivity index (χ0n) is 16.0. The molecule has 1 aliphatic heterocycles. The average Bonchev–Trinajstić information content (AvgIpc) is 3.02. The van der Waals surface area contributed by atoms with Crippen molar-refractivity contribution in [3.8, 4) is 0 Å². The lowest BCUT2D eigenvalue weighted by Gasteiger charge is -2.64. The number of ether oxygens (including phenoxy) is 2. The first-order chi connectivity index (χ1) is 12.4. The van der Waals surface area contributed by atoms with Gasteiger partial charge in [-0.15, -0.1) is 0 Å². The number of aliphatic hydroxyl groups excluding tert-OH is 1. The maximum atomic E-state index is 12.0. The van der Waals surface area contributed by atoms with E-state index in [9.17, 15) is 10.2 Å². The van der Waals surface area contributed by atoms with Crippen molar-refractivity contribution in [1.82, 2.24) is 0 Å². The summed E-state index contributed by atoms with van der Waals surface area (Å²) in [6, 6.07) is 0.138. The molecule has 2 N–H and O–H groups in total. The summed E-state index contributed by atoms with van der Waals surface area (Å²) in [5.74, 6) is 1.00. The van der Waals surface area contributed by atoms with E-state index in [2.05, 4.69) is 13.1 Å². The fraction of sp³-hybridized carbons (Fsp3) is 0.952. The lowest BCUT2D eigenvalue weighted by Crippen LogP contribution is -2.70. The number of methoxy groups -OCH3 is 2. The molecule has 0 radical (unpaired) electrons. The predicted octanol–water partition coefficient (Wildman–Crippen LogP) is 1.65. The Bertz CT molecular complexity index is 683. The number of rotatable bonds is 2. The zero-order valence-corrected chi connectivity index (χ0v) is 16.0. The van der Waals surface area contributed by atoms with Crippen molar-refractivity contribution in [3.63, 3.8) is 0 Å². The molecule has 5 nitrogen and oxygen atoms in total. The maximum Gasteiger partial charge on any atom is 0.0776 e. The van der Waals surface area contributed by atoms with Gasteiger partial charge in [0.15, 0.2) is 0 Å². The second-order valence-corrected chi connectivity index (χ2v) is 10.4. The standard InChI is InChI=1S/C21H31NO4/c1-19-5-4-15(26-3)21-11-6-10-13(25-2)8-20(24,16(11)17(10)23)12(7-14(19)21)18(21)22-9-19/h9-18,23-24H,4-8H2,1-3H3/t10-,11-,12+,13+,14-,15+,16-,17+,18?,19+,20+,21-/m1/s1. The Hall–Kier alpha value is -0.490. The van der Waals surface area contributed by atoms with Gasteiger partial charge in [0.1, 0.15) is 0 Å². The van der Waals surface area contributed by atoms with E-state index in [-0.39, 0.29) is 52.8 Å². The molecule has 5 fully saturated rings. The molecule has 0 aromatic rings. The number of hydrogen-bond acceptors (Lipinski definition) is 5. The molecule has 0 amide bonds. The first-order valence-electron chi connectivity index (χ1n) is 10.4. The topological polar surface area (TPSA) is 71.3 Å². The van der Waals surface area contributed by atoms with Gasteiger partial charge in [-0.05, 0) is 37.5 Å². The molecule has 1 heterocycles. The van der Waals surface area contributed by atoms with E-state index in [0.717, 1.165) is 25.7 Å². The highest BCUT2D eigenvalue weighted by atomic mass is 16.5. The van der Waals surface area contributed by atoms with Gasteiger partial charge < -0.3 is 19.7 Å². The number of fused-ring (bicyclic) bond motifs is 2. The molecular weight excluding hydrogens is 330 g/mol. The Kier molecular flexibility index (Phi) is 3.00. The van der Waals surface area contributed by atoms with Crippen molar-refractivity contribution in [2.24, 2.45) is 45.4 Å². The van der Waals surface area contributed by atoms with Crippen LogP contribution < -0.4 is 0 Å². The maximum absolute atomic E-state index is 12.0. The van der Waals surface area contributed by atoms with Crippen LogP contribution in [0.3, 0.4) is 0 Å². The summed E-state index contributed by atoms with van der Waals surface area (Å²) in [6.45, 7) is 2.37. The summed E-state index contributed by atoms with van der Waals surface area (Å²) >= 11 is 0. The molecule has 5 saturated carbocycles. The minimum absolute atomic E-state index is 0.0174. The van der Waals surface area contributed by atoms with Crippen LogP contribution in [-0.4, -0.2) is 60.6 Å². The van der Waals surface area contributed by atoms with E-state index in [0.29, 0.717) is 12.3 Å². The molecule has 0 aromatic heterocycles. The van der Waals surface area contributed by atoms with Gasteiger partial charge in [-0.1, -0.05) is 6.92 Å². The van der Waals surface area contributed by atoms with E-state index in [1.165, 1.54) is 0 Å². The third-order valence-corrected chi connectivity index (χ3v) is 10.0. The summed E-state index contributed by atoms with van der Waals surface area (Å²) in [7, 11) is 3.58. The lowest BCUT2D eigenvalue weighted by molar-refractivity contribution is -0.229. The van der Waals surface area contributed by atoms with E-state index in [1.807, 2.05) is 7.11 Å². The minimum Gasteiger partial charge on any atom is -0.392 e. The normalized spacial score (nSPS) is 66.9. The molecular formula is C21H31NO4. The molecule has 26 heavy (non-hydrogen) atoms. The van der Waals surface area contributed by atoms with Crippen molar-refractivity contribution in [3.05, 3.63) is 0 Å². The second kappa shape index (κ2) is 4.73. The van der Waals surface area contributed by atoms with Crippen molar-refractivity contribution in [1.29, 1.82) is 0 Å². The monoisotopic (exact) mass is 361 g/mol. The largest absolute Gasteiger partial charge is 0.392 e. The van der Waals surface area contributed by atoms with Crippen molar-refractivity contribution in [2.75, 3.05) is 14.2 Å². The summed E-state index contributed by atoms with van der Waals surface area (Å²) < 4.78 is 11.9. The minimum atomic E-state index is -0.855. The SMILES string of the molecule is CO[C@H]1C[C@@]2(O)[C@H]3[C@@H](O)[C@@H]1C[C@H]3[C@]13C4N=C[C@](C)(CC[C@@H]1OC)[C@H]3C[C@@H]42. The Labute approximate surface area is 155 Å². The summed E-state index contributed by atoms with van der Waals surface area (Å²) in [5.41, 5.74) is -0.763. The van der Waals surface area contributed by atoms with Crippen LogP contribution in [0.15, 0.2) is 4.99 Å². The van der Waals surface area contributed by atoms with E-state index < -0.39 is 11.7 Å². The van der Waals surface area contributed by atoms with Gasteiger partial charge in [-0.2, -0.15) is 0 Å². The fourth-order valence-corrected chi connectivity index (χ4v) is 9.30. The van der Waals surface area contributed by atoms with Gasteiger partial charge in [-0.25, -0.2) is 0 Å². The zero-order chi connectivity index (χ0) is 18.1. The van der Waals surface area contributed by atoms with Crippen LogP contribution in [0.5, 0.6) is 0 Å². The number of aliphatic imine (C=N–C) groups is 1. The molecule has 12 atom stereocenters. The molecule has 7 bridgehead atoms. The smallest absolute Gasteiger partial charge is 0.0776 e. The lowest BCUT2D eigenvalue weighted by atomic mass is 9.44. The van der Waals surface area contributed by atoms with Crippen molar-refractivity contribution in [2.45, 2.75) is 69.0 Å². The van der Waals surface area contributed by atoms with Gasteiger partial charge in [0.25, 0.3) is 0 Å². The van der Waals surface area contributed by atoms with Crippen LogP contribution in [0.1, 0.15) is 39.0 Å². The van der Waals surface area contributed by atoms with Crippen LogP contribution in [0, 0.1) is 40.4 Å². The highest BCUT2D eigenvalue weighted by molar-refractivity contribution is 5.69. The Morgan fingerprint density at radius 2 is 1.96 bits per heavy atom. The quantitative estimate of drug-likeness (QED) is 0.785. The molecule has 1 spiro atoms. The van der Waals surface area contributed by atoms with Crippen LogP contribution >= 0.6 is 0 Å². The molecule has 0 aromatic carbocycles. The van der Waals surface area contributed by atoms with E-state index >= 15 is 0 Å². The Morgan fingerprint density at radius 3 is 2.69 bits per heavy atom. The third-order valence-electron chi connectivity index (χ3n) is 10.0. The number of nitrogens with zero attached hydrogens (tertiary/aromatic N) is 1. The first-order valence-corrected chi connectivity index (χ1v) is 10.4. The average molecular weight is 361 g/mol. The van der Waals surface area contributed by atoms with Gasteiger partial charge in [0.2, 0.25) is 0 Å². The van der Waals surface area contributed by atoms with Gasteiger partial charge >= 0.3 is 0 Å². The van der Waals surface area contributed by atoms with Gasteiger partial charge in [0.05, 0.1) is 30.0 Å². The summed E-state index contributed by atoms with van der Waals surface area (Å²) in [6.07, 6.45) is 6.69. The molecule has 5 aliphatic carbocycles. The summed E-state index contributed by atoms with van der Waals surface area (Å²) in [5, 5.41) is 23.2. The van der Waals surface area contributed by atoms with E-state index in [1.54, 1.807) is 7.11 Å². The summed E-state index contributed by atoms with van der Waals surface area (Å²) in [4.78, 5) is 5.13. The van der Waals surface area contributed by atoms with Crippen LogP contribution in [0.4, 0.5) is 0 Å². The molecule has 0 saturated heterocycles. The third kappa shape index (κ3) is 1.45. The fourth-order valence-electron chi connectivity index (χ4n) is 9.30. The van der Waals surface area contributed by atoms with E-state index in [4.69, 9.17) is 14.5 Å². The highest BCUT2D eigenvalue weighted by Gasteiger charge is 2.81. The van der Waals surface area contributed by atoms with Crippen LogP contribution in [-0.2, 0) is 9.47 Å². The molecule has 1 unspecified atom stereocenters. The van der Waals surface area contributed by atoms with Crippen molar-refractivity contribution < 1.29 is 19.7 Å². The first kappa shape index (κ1) is 16.5. The molecule has 6 aliphatic rings. The Morgan fingerprint density at radius 1 is 1.15 bits per heavy atom. The molecule has 5 heteroatoms. The van der Waals surface area contributed by atoms with Gasteiger partial charge in [-0.3, -0.25) is 4.99 Å². The predicted molar refractivity (Wildman–Crippen MR) is 95.9 cm³/mol. The molecule has 6 rings (SSSR count). The number of hydrogen-bond donors (Lipinski definition) is 2. The highest BCUT2D eigenvalue weighted by Crippen LogP contribution is 2.78. The Balaban J connectivity index is 1.59. The van der Waals surface area contributed by atoms with Crippen LogP contribution in [0.25, 0.3) is 0 Å². The second-order valence-electron chi connectivity index (χ2n) is 10.4. The van der Waals surface area contributed by atoms with Gasteiger partial charge in [0, 0.05) is 55.4 Å². The van der Waals surface area contributed by atoms with Crippen LogP contribution in [0.2, 0.25) is 0 Å². The van der Waals surface area contributed by atoms with Crippen molar-refractivity contribution >= 4 is 6.21 Å². The number of aliphatic hydroxyl groups is 2.